The summed E-state index contributed by atoms with van der Waals surface area (Å²) in [6, 6.07) is 11.9. The maximum atomic E-state index is 12.7. The molecule has 1 saturated heterocycles. The largest absolute Gasteiger partial charge is 0.492 e. The van der Waals surface area contributed by atoms with Gasteiger partial charge in [-0.15, -0.1) is 0 Å². The number of sulfonamides is 1. The van der Waals surface area contributed by atoms with Crippen LogP contribution >= 0.6 is 0 Å². The van der Waals surface area contributed by atoms with Crippen molar-refractivity contribution < 1.29 is 17.9 Å². The van der Waals surface area contributed by atoms with Crippen LogP contribution in [0.15, 0.2) is 36.4 Å². The smallest absolute Gasteiger partial charge is 0.217 e. The highest BCUT2D eigenvalue weighted by atomic mass is 32.2. The minimum Gasteiger partial charge on any atom is -0.492 e. The van der Waals surface area contributed by atoms with Gasteiger partial charge >= 0.3 is 0 Å². The number of rotatable bonds is 3. The molecule has 1 N–H and O–H groups in total. The highest BCUT2D eigenvalue weighted by Crippen LogP contribution is 2.33. The Balaban J connectivity index is 1.56. The fraction of sp³-hybridized carbons (Fsp3) is 0.474. The molecule has 0 aromatic heterocycles. The highest BCUT2D eigenvalue weighted by molar-refractivity contribution is 7.90. The molecule has 2 heterocycles. The van der Waals surface area contributed by atoms with Gasteiger partial charge in [0.25, 0.3) is 0 Å². The van der Waals surface area contributed by atoms with Crippen LogP contribution < -0.4 is 9.46 Å². The third-order valence-electron chi connectivity index (χ3n) is 5.04. The van der Waals surface area contributed by atoms with Crippen molar-refractivity contribution >= 4 is 20.8 Å². The summed E-state index contributed by atoms with van der Waals surface area (Å²) >= 11 is 0. The van der Waals surface area contributed by atoms with Crippen molar-refractivity contribution in [2.24, 2.45) is 0 Å². The summed E-state index contributed by atoms with van der Waals surface area (Å²) in [6.07, 6.45) is 1.14. The Hall–Kier alpha value is -1.63. The molecular weight excluding hydrogens is 338 g/mol. The summed E-state index contributed by atoms with van der Waals surface area (Å²) in [5.74, 6) is 0.847. The van der Waals surface area contributed by atoms with Gasteiger partial charge in [-0.25, -0.2) is 13.1 Å². The number of ether oxygens (including phenoxy) is 2. The van der Waals surface area contributed by atoms with Crippen LogP contribution in [-0.2, 0) is 21.2 Å². The molecule has 2 unspecified atom stereocenters. The van der Waals surface area contributed by atoms with E-state index in [0.29, 0.717) is 19.4 Å². The van der Waals surface area contributed by atoms with E-state index in [1.54, 1.807) is 0 Å². The quantitative estimate of drug-likeness (QED) is 0.913. The van der Waals surface area contributed by atoms with Gasteiger partial charge in [0.05, 0.1) is 18.2 Å². The van der Waals surface area contributed by atoms with Crippen molar-refractivity contribution in [2.45, 2.75) is 43.6 Å². The highest BCUT2D eigenvalue weighted by Gasteiger charge is 2.40. The molecule has 1 fully saturated rings. The van der Waals surface area contributed by atoms with Gasteiger partial charge in [-0.3, -0.25) is 0 Å². The number of nitrogens with one attached hydrogen (secondary N) is 1. The lowest BCUT2D eigenvalue weighted by atomic mass is 9.96. The fourth-order valence-corrected chi connectivity index (χ4v) is 5.42. The summed E-state index contributed by atoms with van der Waals surface area (Å²) in [5, 5.41) is 1.75. The summed E-state index contributed by atoms with van der Waals surface area (Å²) in [6.45, 7) is 4.44. The zero-order chi connectivity index (χ0) is 17.7. The standard InChI is InChI=1S/C19H23NO4S/c1-19(2)10-15(12-24-19)25(21,22)20-14-9-17-16-6-4-3-5-13(16)7-8-18(17)23-11-14/h3-8,14-15,20H,9-12H2,1-2H3. The van der Waals surface area contributed by atoms with Crippen LogP contribution in [0.2, 0.25) is 0 Å². The number of fused-ring (bicyclic) bond motifs is 3. The van der Waals surface area contributed by atoms with Crippen LogP contribution in [-0.4, -0.2) is 38.5 Å². The molecule has 0 bridgehead atoms. The second-order valence-electron chi connectivity index (χ2n) is 7.54. The molecule has 2 aromatic carbocycles. The third kappa shape index (κ3) is 3.26. The Morgan fingerprint density at radius 3 is 2.68 bits per heavy atom. The minimum atomic E-state index is -3.44. The maximum Gasteiger partial charge on any atom is 0.217 e. The van der Waals surface area contributed by atoms with Crippen LogP contribution in [0, 0.1) is 0 Å². The van der Waals surface area contributed by atoms with Gasteiger partial charge in [0, 0.05) is 5.56 Å². The first-order valence-corrected chi connectivity index (χ1v) is 10.2. The van der Waals surface area contributed by atoms with Crippen molar-refractivity contribution in [3.8, 4) is 5.75 Å². The fourth-order valence-electron chi connectivity index (χ4n) is 3.75. The van der Waals surface area contributed by atoms with Crippen molar-refractivity contribution in [1.82, 2.24) is 4.72 Å². The Morgan fingerprint density at radius 1 is 1.12 bits per heavy atom. The van der Waals surface area contributed by atoms with Crippen LogP contribution in [0.25, 0.3) is 10.8 Å². The van der Waals surface area contributed by atoms with Crippen LogP contribution in [0.4, 0.5) is 0 Å². The molecule has 0 spiro atoms. The van der Waals surface area contributed by atoms with Crippen LogP contribution in [0.5, 0.6) is 5.75 Å². The van der Waals surface area contributed by atoms with Crippen molar-refractivity contribution in [2.75, 3.05) is 13.2 Å². The van der Waals surface area contributed by atoms with E-state index in [4.69, 9.17) is 9.47 Å². The molecular formula is C19H23NO4S. The molecule has 4 rings (SSSR count). The molecule has 0 saturated carbocycles. The first-order chi connectivity index (χ1) is 11.8. The normalized spacial score (nSPS) is 25.5. The topological polar surface area (TPSA) is 64.6 Å². The van der Waals surface area contributed by atoms with E-state index < -0.39 is 15.3 Å². The molecule has 5 nitrogen and oxygen atoms in total. The van der Waals surface area contributed by atoms with E-state index in [2.05, 4.69) is 16.9 Å². The lowest BCUT2D eigenvalue weighted by molar-refractivity contribution is 0.0367. The summed E-state index contributed by atoms with van der Waals surface area (Å²) < 4.78 is 39.7. The average molecular weight is 361 g/mol. The van der Waals surface area contributed by atoms with Crippen molar-refractivity contribution in [1.29, 1.82) is 0 Å². The molecule has 2 aromatic rings. The van der Waals surface area contributed by atoms with Gasteiger partial charge in [0.15, 0.2) is 0 Å². The van der Waals surface area contributed by atoms with Gasteiger partial charge in [-0.1, -0.05) is 30.3 Å². The molecule has 0 radical (unpaired) electrons. The predicted octanol–water partition coefficient (Wildman–Crippen LogP) is 2.63. The first kappa shape index (κ1) is 16.8. The van der Waals surface area contributed by atoms with E-state index in [9.17, 15) is 8.42 Å². The molecule has 2 aliphatic heterocycles. The van der Waals surface area contributed by atoms with E-state index in [0.717, 1.165) is 22.1 Å². The molecule has 6 heteroatoms. The monoisotopic (exact) mass is 361 g/mol. The predicted molar refractivity (Wildman–Crippen MR) is 97.4 cm³/mol. The maximum absolute atomic E-state index is 12.7. The molecule has 0 amide bonds. The van der Waals surface area contributed by atoms with Crippen molar-refractivity contribution in [3.05, 3.63) is 42.0 Å². The average Bonchev–Trinajstić information content (AvgIpc) is 2.95. The van der Waals surface area contributed by atoms with Gasteiger partial charge in [0.1, 0.15) is 17.6 Å². The van der Waals surface area contributed by atoms with E-state index >= 15 is 0 Å². The molecule has 25 heavy (non-hydrogen) atoms. The number of benzene rings is 2. The first-order valence-electron chi connectivity index (χ1n) is 8.63. The minimum absolute atomic E-state index is 0.245. The summed E-state index contributed by atoms with van der Waals surface area (Å²) in [7, 11) is -3.44. The van der Waals surface area contributed by atoms with E-state index in [1.807, 2.05) is 38.1 Å². The van der Waals surface area contributed by atoms with E-state index in [1.165, 1.54) is 0 Å². The number of hydrogen-bond donors (Lipinski definition) is 1. The van der Waals surface area contributed by atoms with Gasteiger partial charge < -0.3 is 9.47 Å². The Bertz CT molecular complexity index is 907. The SMILES string of the molecule is CC1(C)CC(S(=O)(=O)NC2COc3ccc4ccccc4c3C2)CO1. The Kier molecular flexibility index (Phi) is 4.02. The molecule has 2 aliphatic rings. The lowest BCUT2D eigenvalue weighted by Crippen LogP contribution is -2.46. The molecule has 134 valence electrons. The van der Waals surface area contributed by atoms with Crippen molar-refractivity contribution in [3.63, 3.8) is 0 Å². The number of hydrogen-bond acceptors (Lipinski definition) is 4. The zero-order valence-electron chi connectivity index (χ0n) is 14.5. The summed E-state index contributed by atoms with van der Waals surface area (Å²) in [4.78, 5) is 0. The van der Waals surface area contributed by atoms with E-state index in [-0.39, 0.29) is 18.2 Å². The van der Waals surface area contributed by atoms with Gasteiger partial charge in [-0.05, 0) is 43.5 Å². The van der Waals surface area contributed by atoms with Crippen LogP contribution in [0.1, 0.15) is 25.8 Å². The lowest BCUT2D eigenvalue weighted by Gasteiger charge is -2.28. The molecule has 2 atom stereocenters. The summed E-state index contributed by atoms with van der Waals surface area (Å²) in [5.41, 5.74) is 0.686. The second kappa shape index (κ2) is 5.97. The van der Waals surface area contributed by atoms with Gasteiger partial charge in [-0.2, -0.15) is 0 Å². The Morgan fingerprint density at radius 2 is 1.92 bits per heavy atom. The van der Waals surface area contributed by atoms with Crippen LogP contribution in [0.3, 0.4) is 0 Å². The molecule has 0 aliphatic carbocycles. The Labute approximate surface area is 148 Å². The zero-order valence-corrected chi connectivity index (χ0v) is 15.3. The second-order valence-corrected chi connectivity index (χ2v) is 9.53. The third-order valence-corrected chi connectivity index (χ3v) is 6.88. The van der Waals surface area contributed by atoms with Gasteiger partial charge in [0.2, 0.25) is 10.0 Å².